The van der Waals surface area contributed by atoms with E-state index in [4.69, 9.17) is 14.2 Å². The van der Waals surface area contributed by atoms with Crippen LogP contribution in [0, 0.1) is 11.3 Å². The lowest BCUT2D eigenvalue weighted by Gasteiger charge is -2.36. The number of carbonyl (C=O) groups is 7. The van der Waals surface area contributed by atoms with Crippen molar-refractivity contribution in [3.05, 3.63) is 141 Å². The number of esters is 4. The van der Waals surface area contributed by atoms with E-state index in [1.165, 1.54) is 0 Å². The third-order valence-electron chi connectivity index (χ3n) is 11.2. The number of hydrogen-bond acceptors (Lipinski definition) is 14. The Kier molecular flexibility index (Phi) is 21.1. The largest absolute Gasteiger partial charge is 0.505 e. The molecule has 0 saturated heterocycles. The average molecular weight is 925 g/mol. The molecule has 3 aliphatic rings. The fourth-order valence-corrected chi connectivity index (χ4v) is 7.35. The summed E-state index contributed by atoms with van der Waals surface area (Å²) in [6.07, 6.45) is 22.9. The van der Waals surface area contributed by atoms with Gasteiger partial charge in [0.1, 0.15) is 19.0 Å². The lowest BCUT2D eigenvalue weighted by atomic mass is 9.71. The van der Waals surface area contributed by atoms with Crippen molar-refractivity contribution < 1.29 is 67.8 Å². The van der Waals surface area contributed by atoms with Crippen LogP contribution >= 0.6 is 0 Å². The maximum atomic E-state index is 13.3. The Balaban J connectivity index is 1.48. The van der Waals surface area contributed by atoms with Gasteiger partial charge in [0.15, 0.2) is 35.6 Å². The van der Waals surface area contributed by atoms with Crippen molar-refractivity contribution >= 4 is 41.7 Å². The van der Waals surface area contributed by atoms with Gasteiger partial charge in [0.2, 0.25) is 5.76 Å². The van der Waals surface area contributed by atoms with Gasteiger partial charge in [-0.1, -0.05) is 128 Å². The van der Waals surface area contributed by atoms with Crippen LogP contribution in [0.1, 0.15) is 101 Å². The minimum atomic E-state index is -1.65. The van der Waals surface area contributed by atoms with Crippen LogP contribution in [0.15, 0.2) is 141 Å². The highest BCUT2D eigenvalue weighted by atomic mass is 16.6. The number of aliphatic hydroxyl groups is 3. The molecule has 0 fully saturated rings. The lowest BCUT2D eigenvalue weighted by Crippen LogP contribution is -2.39. The van der Waals surface area contributed by atoms with Crippen molar-refractivity contribution in [2.75, 3.05) is 6.61 Å². The van der Waals surface area contributed by atoms with Crippen LogP contribution in [0.2, 0.25) is 0 Å². The molecular formula is C53H64O14. The molecule has 0 radical (unpaired) electrons. The van der Waals surface area contributed by atoms with Gasteiger partial charge in [-0.15, -0.1) is 0 Å². The SMILES string of the molecule is CC1=C(/C=C/C(C)=C/C=C/C(C)=C/C=C/C=C(C)/C=C/C=C(C)/C=C/C2=C(C)C(=O)C(OC(=O)CCC(=O)OCC(O)C3OC(=O)C(O)=C3O)CC2(C)C)C(C)CC(OC(=O)CCC=O)C1=O. The van der Waals surface area contributed by atoms with Gasteiger partial charge in [0.05, 0.1) is 19.3 Å². The first-order valence-electron chi connectivity index (χ1n) is 22.1. The normalized spacial score (nSPS) is 22.9. The van der Waals surface area contributed by atoms with Crippen molar-refractivity contribution in [2.24, 2.45) is 11.3 Å². The molecule has 0 saturated carbocycles. The second-order valence-electron chi connectivity index (χ2n) is 17.5. The van der Waals surface area contributed by atoms with Gasteiger partial charge in [0, 0.05) is 12.8 Å². The second kappa shape index (κ2) is 25.9. The van der Waals surface area contributed by atoms with Gasteiger partial charge in [-0.3, -0.25) is 24.0 Å². The molecule has 0 amide bonds. The molecule has 0 aromatic heterocycles. The van der Waals surface area contributed by atoms with E-state index >= 15 is 0 Å². The second-order valence-corrected chi connectivity index (χ2v) is 17.5. The zero-order valence-electron chi connectivity index (χ0n) is 39.8. The van der Waals surface area contributed by atoms with Gasteiger partial charge in [-0.2, -0.15) is 0 Å². The Labute approximate surface area is 392 Å². The molecule has 1 aliphatic heterocycles. The number of allylic oxidation sites excluding steroid dienone is 20. The maximum absolute atomic E-state index is 13.3. The predicted molar refractivity (Wildman–Crippen MR) is 252 cm³/mol. The highest BCUT2D eigenvalue weighted by Gasteiger charge is 2.41. The summed E-state index contributed by atoms with van der Waals surface area (Å²) >= 11 is 0. The quantitative estimate of drug-likeness (QED) is 0.0426. The Morgan fingerprint density at radius 2 is 1.24 bits per heavy atom. The topological polar surface area (TPSA) is 217 Å². The van der Waals surface area contributed by atoms with E-state index in [0.717, 1.165) is 33.4 Å². The summed E-state index contributed by atoms with van der Waals surface area (Å²) in [6, 6.07) is 0. The summed E-state index contributed by atoms with van der Waals surface area (Å²) in [4.78, 5) is 84.8. The first-order chi connectivity index (χ1) is 31.6. The maximum Gasteiger partial charge on any atom is 0.377 e. The summed E-state index contributed by atoms with van der Waals surface area (Å²) in [5.41, 5.74) is 6.28. The minimum Gasteiger partial charge on any atom is -0.505 e. The average Bonchev–Trinajstić information content (AvgIpc) is 3.53. The lowest BCUT2D eigenvalue weighted by molar-refractivity contribution is -0.160. The van der Waals surface area contributed by atoms with Crippen molar-refractivity contribution in [2.45, 2.75) is 125 Å². The molecule has 2 aliphatic carbocycles. The highest BCUT2D eigenvalue weighted by molar-refractivity contribution is 6.02. The van der Waals surface area contributed by atoms with E-state index in [1.807, 2.05) is 134 Å². The molecule has 5 atom stereocenters. The van der Waals surface area contributed by atoms with Crippen LogP contribution in [-0.2, 0) is 52.5 Å². The smallest absolute Gasteiger partial charge is 0.377 e. The number of hydrogen-bond donors (Lipinski definition) is 3. The number of ether oxygens (including phenoxy) is 4. The van der Waals surface area contributed by atoms with Crippen molar-refractivity contribution in [3.63, 3.8) is 0 Å². The fourth-order valence-electron chi connectivity index (χ4n) is 7.35. The fraction of sp³-hybridized carbons (Fsp3) is 0.415. The van der Waals surface area contributed by atoms with Crippen LogP contribution in [-0.4, -0.2) is 88.1 Å². The standard InChI is InChI=1S/C53H64O14/c1-32(17-12-19-34(3)22-24-39-36(5)29-42(47(59)37(39)6)65-45(57)21-14-28-54)15-10-11-16-33(2)18-13-20-35(4)23-25-40-38(7)48(60)43(30-53(40,8)9)66-46(58)27-26-44(56)64-31-41(55)51-49(61)50(62)52(63)67-51/h10-13,15-20,22-25,28,36,41-43,51,55,61-62H,14,21,26-27,29-31H2,1-9H3/b11-10+,17-12+,18-13+,24-22+,25-23+,32-15+,33-16+,34-19+,35-20+. The first kappa shape index (κ1) is 54.7. The zero-order chi connectivity index (χ0) is 50.0. The number of rotatable bonds is 21. The van der Waals surface area contributed by atoms with Crippen molar-refractivity contribution in [3.8, 4) is 0 Å². The van der Waals surface area contributed by atoms with Gasteiger partial charge >= 0.3 is 23.9 Å². The Hall–Kier alpha value is -6.67. The molecule has 0 spiro atoms. The molecule has 14 nitrogen and oxygen atoms in total. The Morgan fingerprint density at radius 1 is 0.731 bits per heavy atom. The number of Topliss-reactive ketones (excluding diaryl/α,β-unsaturated/α-hetero) is 2. The molecule has 3 N–H and O–H groups in total. The molecule has 3 rings (SSSR count). The molecule has 360 valence electrons. The van der Waals surface area contributed by atoms with E-state index in [0.29, 0.717) is 23.9 Å². The van der Waals surface area contributed by atoms with Gasteiger partial charge in [-0.05, 0) is 81.6 Å². The van der Waals surface area contributed by atoms with Gasteiger partial charge in [-0.25, -0.2) is 4.79 Å². The third-order valence-corrected chi connectivity index (χ3v) is 11.2. The van der Waals surface area contributed by atoms with Gasteiger partial charge < -0.3 is 39.1 Å². The number of carbonyl (C=O) groups excluding carboxylic acids is 7. The van der Waals surface area contributed by atoms with Crippen LogP contribution in [0.4, 0.5) is 0 Å². The molecular weight excluding hydrogens is 861 g/mol. The molecule has 5 unspecified atom stereocenters. The third kappa shape index (κ3) is 16.9. The number of ketones is 2. The molecule has 14 heteroatoms. The molecule has 0 aromatic carbocycles. The monoisotopic (exact) mass is 924 g/mol. The zero-order valence-corrected chi connectivity index (χ0v) is 39.8. The van der Waals surface area contributed by atoms with E-state index in [-0.39, 0.29) is 43.2 Å². The summed E-state index contributed by atoms with van der Waals surface area (Å²) < 4.78 is 20.3. The number of aliphatic hydroxyl groups excluding tert-OH is 3. The van der Waals surface area contributed by atoms with Crippen LogP contribution < -0.4 is 0 Å². The number of cyclic esters (lactones) is 1. The van der Waals surface area contributed by atoms with E-state index in [9.17, 15) is 48.9 Å². The van der Waals surface area contributed by atoms with E-state index in [1.54, 1.807) is 13.8 Å². The van der Waals surface area contributed by atoms with Crippen molar-refractivity contribution in [1.29, 1.82) is 0 Å². The summed E-state index contributed by atoms with van der Waals surface area (Å²) in [6.45, 7) is 16.6. The van der Waals surface area contributed by atoms with E-state index in [2.05, 4.69) is 4.74 Å². The summed E-state index contributed by atoms with van der Waals surface area (Å²) in [5.74, 6) is -5.86. The molecule has 67 heavy (non-hydrogen) atoms. The summed E-state index contributed by atoms with van der Waals surface area (Å²) in [7, 11) is 0. The molecule has 0 bridgehead atoms. The van der Waals surface area contributed by atoms with Gasteiger partial charge in [0.25, 0.3) is 0 Å². The predicted octanol–water partition coefficient (Wildman–Crippen LogP) is 8.53. The molecule has 1 heterocycles. The van der Waals surface area contributed by atoms with Crippen LogP contribution in [0.3, 0.4) is 0 Å². The minimum absolute atomic E-state index is 0.0242. The van der Waals surface area contributed by atoms with Crippen LogP contribution in [0.25, 0.3) is 0 Å². The highest BCUT2D eigenvalue weighted by Crippen LogP contribution is 2.41. The van der Waals surface area contributed by atoms with Crippen molar-refractivity contribution in [1.82, 2.24) is 0 Å². The van der Waals surface area contributed by atoms with E-state index < -0.39 is 78.3 Å². The Bertz CT molecular complexity index is 2310. The Morgan fingerprint density at radius 3 is 1.81 bits per heavy atom. The molecule has 0 aromatic rings. The van der Waals surface area contributed by atoms with Crippen LogP contribution in [0.5, 0.6) is 0 Å². The summed E-state index contributed by atoms with van der Waals surface area (Å²) in [5, 5.41) is 29.1. The first-order valence-corrected chi connectivity index (χ1v) is 22.1. The number of aldehydes is 1.